The monoisotopic (exact) mass is 471 g/mol. The third-order valence-corrected chi connectivity index (χ3v) is 5.59. The van der Waals surface area contributed by atoms with Crippen molar-refractivity contribution in [3.05, 3.63) is 95.8 Å². The number of hydrogen-bond acceptors (Lipinski definition) is 4. The van der Waals surface area contributed by atoms with Crippen LogP contribution in [0.5, 0.6) is 0 Å². The Balaban J connectivity index is 2.20. The average molecular weight is 472 g/mol. The molecule has 6 heteroatoms. The van der Waals surface area contributed by atoms with Crippen LogP contribution in [-0.2, 0) is 4.79 Å². The molecule has 0 bridgehead atoms. The zero-order valence-corrected chi connectivity index (χ0v) is 20.7. The number of nitrogens with zero attached hydrogens (tertiary/aromatic N) is 2. The number of nitrogens with one attached hydrogen (secondary N) is 1. The van der Waals surface area contributed by atoms with E-state index >= 15 is 0 Å². The fourth-order valence-electron chi connectivity index (χ4n) is 4.32. The van der Waals surface area contributed by atoms with E-state index in [1.165, 1.54) is 0 Å². The van der Waals surface area contributed by atoms with E-state index in [-0.39, 0.29) is 17.7 Å². The zero-order valence-electron chi connectivity index (χ0n) is 20.7. The van der Waals surface area contributed by atoms with Crippen LogP contribution in [0.4, 0.5) is 5.69 Å². The number of aliphatic imine (C=N–C) groups is 1. The van der Waals surface area contributed by atoms with E-state index in [9.17, 15) is 14.7 Å². The van der Waals surface area contributed by atoms with Crippen LogP contribution in [0.1, 0.15) is 62.2 Å². The van der Waals surface area contributed by atoms with Crippen LogP contribution in [0.2, 0.25) is 0 Å². The standard InChI is InChI=1S/C29H33N3O3/c1-20(2)18-29(28(34)35,19-21(3)4)32-26(22-12-6-5-7-13-22)23-14-8-9-15-24(23)31-27(33)25-16-10-11-17-30-25/h5-17,20-21H,18-19H2,1-4H3,(H,31,33)(H,34,35). The quantitative estimate of drug-likeness (QED) is 0.350. The van der Waals surface area contributed by atoms with Gasteiger partial charge in [-0.15, -0.1) is 0 Å². The minimum atomic E-state index is -1.30. The topological polar surface area (TPSA) is 91.7 Å². The van der Waals surface area contributed by atoms with Crippen LogP contribution >= 0.6 is 0 Å². The Morgan fingerprint density at radius 1 is 0.886 bits per heavy atom. The molecule has 0 atom stereocenters. The molecule has 0 aliphatic heterocycles. The van der Waals surface area contributed by atoms with E-state index in [1.54, 1.807) is 30.5 Å². The summed E-state index contributed by atoms with van der Waals surface area (Å²) in [7, 11) is 0. The predicted octanol–water partition coefficient (Wildman–Crippen LogP) is 6.09. The lowest BCUT2D eigenvalue weighted by atomic mass is 9.81. The second-order valence-electron chi connectivity index (χ2n) is 9.57. The number of carboxylic acid groups (broad SMARTS) is 1. The number of anilines is 1. The third kappa shape index (κ3) is 6.63. The van der Waals surface area contributed by atoms with Crippen LogP contribution in [-0.4, -0.2) is 33.2 Å². The molecule has 1 heterocycles. The van der Waals surface area contributed by atoms with Crippen LogP contribution < -0.4 is 5.32 Å². The molecule has 1 aromatic heterocycles. The van der Waals surface area contributed by atoms with E-state index in [0.717, 1.165) is 5.56 Å². The van der Waals surface area contributed by atoms with Crippen molar-refractivity contribution in [1.82, 2.24) is 4.98 Å². The van der Waals surface area contributed by atoms with Gasteiger partial charge in [-0.3, -0.25) is 14.8 Å². The fraction of sp³-hybridized carbons (Fsp3) is 0.310. The van der Waals surface area contributed by atoms with Gasteiger partial charge in [-0.2, -0.15) is 0 Å². The van der Waals surface area contributed by atoms with Gasteiger partial charge in [0.15, 0.2) is 5.54 Å². The van der Waals surface area contributed by atoms with E-state index in [0.29, 0.717) is 35.5 Å². The third-order valence-electron chi connectivity index (χ3n) is 5.59. The molecule has 2 aromatic carbocycles. The van der Waals surface area contributed by atoms with Crippen molar-refractivity contribution in [2.24, 2.45) is 16.8 Å². The second kappa shape index (κ2) is 11.6. The summed E-state index contributed by atoms with van der Waals surface area (Å²) in [4.78, 5) is 34.8. The number of rotatable bonds is 10. The van der Waals surface area contributed by atoms with Gasteiger partial charge in [0.25, 0.3) is 5.91 Å². The van der Waals surface area contributed by atoms with Gasteiger partial charge in [0.05, 0.1) is 11.4 Å². The zero-order chi connectivity index (χ0) is 25.4. The first kappa shape index (κ1) is 25.8. The lowest BCUT2D eigenvalue weighted by molar-refractivity contribution is -0.144. The Labute approximate surface area is 207 Å². The number of aromatic nitrogens is 1. The van der Waals surface area contributed by atoms with Gasteiger partial charge < -0.3 is 10.4 Å². The molecule has 3 aromatic rings. The lowest BCUT2D eigenvalue weighted by Crippen LogP contribution is -2.41. The summed E-state index contributed by atoms with van der Waals surface area (Å²) in [6, 6.07) is 22.0. The van der Waals surface area contributed by atoms with Crippen LogP contribution in [0, 0.1) is 11.8 Å². The molecule has 0 radical (unpaired) electrons. The number of pyridine rings is 1. The van der Waals surface area contributed by atoms with Crippen molar-refractivity contribution in [2.75, 3.05) is 5.32 Å². The van der Waals surface area contributed by atoms with Gasteiger partial charge in [0.2, 0.25) is 0 Å². The molecular formula is C29H33N3O3. The summed E-state index contributed by atoms with van der Waals surface area (Å²) in [5.74, 6) is -1.03. The van der Waals surface area contributed by atoms with E-state index in [4.69, 9.17) is 4.99 Å². The van der Waals surface area contributed by atoms with E-state index in [1.807, 2.05) is 76.2 Å². The van der Waals surface area contributed by atoms with E-state index in [2.05, 4.69) is 10.3 Å². The molecule has 2 N–H and O–H groups in total. The molecule has 0 saturated carbocycles. The minimum Gasteiger partial charge on any atom is -0.479 e. The minimum absolute atomic E-state index is 0.129. The van der Waals surface area contributed by atoms with Gasteiger partial charge in [0, 0.05) is 17.3 Å². The van der Waals surface area contributed by atoms with Gasteiger partial charge in [-0.05, 0) is 42.9 Å². The Hall–Kier alpha value is -3.80. The molecule has 0 aliphatic rings. The molecule has 0 unspecified atom stereocenters. The van der Waals surface area contributed by atoms with Gasteiger partial charge >= 0.3 is 5.97 Å². The van der Waals surface area contributed by atoms with Crippen molar-refractivity contribution < 1.29 is 14.7 Å². The van der Waals surface area contributed by atoms with Crippen molar-refractivity contribution in [3.63, 3.8) is 0 Å². The smallest absolute Gasteiger partial charge is 0.331 e. The molecular weight excluding hydrogens is 438 g/mol. The number of aliphatic carboxylic acids is 1. The number of carbonyl (C=O) groups excluding carboxylic acids is 1. The highest BCUT2D eigenvalue weighted by Crippen LogP contribution is 2.32. The molecule has 3 rings (SSSR count). The Bertz CT molecular complexity index is 1160. The molecule has 0 saturated heterocycles. The summed E-state index contributed by atoms with van der Waals surface area (Å²) in [6.07, 6.45) is 2.37. The Morgan fingerprint density at radius 2 is 1.49 bits per heavy atom. The van der Waals surface area contributed by atoms with Gasteiger partial charge in [-0.25, -0.2) is 4.79 Å². The maximum Gasteiger partial charge on any atom is 0.331 e. The number of carbonyl (C=O) groups is 2. The highest BCUT2D eigenvalue weighted by atomic mass is 16.4. The average Bonchev–Trinajstić information content (AvgIpc) is 2.83. The first-order chi connectivity index (χ1) is 16.7. The normalized spacial score (nSPS) is 12.1. The fourth-order valence-corrected chi connectivity index (χ4v) is 4.32. The molecule has 6 nitrogen and oxygen atoms in total. The maximum absolute atomic E-state index is 12.9. The van der Waals surface area contributed by atoms with Crippen molar-refractivity contribution in [2.45, 2.75) is 46.1 Å². The van der Waals surface area contributed by atoms with Crippen molar-refractivity contribution in [1.29, 1.82) is 0 Å². The molecule has 35 heavy (non-hydrogen) atoms. The number of hydrogen-bond donors (Lipinski definition) is 2. The lowest BCUT2D eigenvalue weighted by Gasteiger charge is -2.30. The summed E-state index contributed by atoms with van der Waals surface area (Å²) < 4.78 is 0. The molecule has 0 spiro atoms. The van der Waals surface area contributed by atoms with Crippen LogP contribution in [0.15, 0.2) is 84.0 Å². The summed E-state index contributed by atoms with van der Waals surface area (Å²) in [6.45, 7) is 8.04. The van der Waals surface area contributed by atoms with Crippen LogP contribution in [0.25, 0.3) is 0 Å². The van der Waals surface area contributed by atoms with Crippen molar-refractivity contribution >= 4 is 23.3 Å². The van der Waals surface area contributed by atoms with Crippen molar-refractivity contribution in [3.8, 4) is 0 Å². The Kier molecular flexibility index (Phi) is 8.53. The first-order valence-electron chi connectivity index (χ1n) is 11.9. The number of amides is 1. The number of para-hydroxylation sites is 1. The van der Waals surface area contributed by atoms with Crippen LogP contribution in [0.3, 0.4) is 0 Å². The first-order valence-corrected chi connectivity index (χ1v) is 11.9. The number of benzene rings is 2. The van der Waals surface area contributed by atoms with Gasteiger partial charge in [-0.1, -0.05) is 82.3 Å². The molecule has 182 valence electrons. The summed E-state index contributed by atoms with van der Waals surface area (Å²) >= 11 is 0. The molecule has 0 fully saturated rings. The largest absolute Gasteiger partial charge is 0.479 e. The summed E-state index contributed by atoms with van der Waals surface area (Å²) in [5, 5.41) is 13.4. The molecule has 0 aliphatic carbocycles. The maximum atomic E-state index is 12.9. The highest BCUT2D eigenvalue weighted by Gasteiger charge is 2.40. The Morgan fingerprint density at radius 3 is 2.06 bits per heavy atom. The van der Waals surface area contributed by atoms with E-state index < -0.39 is 11.5 Å². The summed E-state index contributed by atoms with van der Waals surface area (Å²) in [5.41, 5.74) is 1.50. The highest BCUT2D eigenvalue weighted by molar-refractivity contribution is 6.18. The van der Waals surface area contributed by atoms with Gasteiger partial charge in [0.1, 0.15) is 5.69 Å². The SMILES string of the molecule is CC(C)CC(CC(C)C)(N=C(c1ccccc1)c1ccccc1NC(=O)c1ccccn1)C(=O)O. The number of carboxylic acids is 1. The predicted molar refractivity (Wildman–Crippen MR) is 140 cm³/mol. The second-order valence-corrected chi connectivity index (χ2v) is 9.57. The molecule has 1 amide bonds.